The number of fused-ring (bicyclic) bond motifs is 2. The van der Waals surface area contributed by atoms with Crippen molar-refractivity contribution in [1.82, 2.24) is 5.43 Å². The van der Waals surface area contributed by atoms with Crippen molar-refractivity contribution >= 4 is 46.2 Å². The van der Waals surface area contributed by atoms with Gasteiger partial charge in [0.2, 0.25) is 0 Å². The summed E-state index contributed by atoms with van der Waals surface area (Å²) in [6.45, 7) is 1.77. The Hall–Kier alpha value is -2.34. The first-order valence-electron chi connectivity index (χ1n) is 8.19. The molecule has 0 atom stereocenters. The molecule has 2 heterocycles. The average molecular weight is 417 g/mol. The van der Waals surface area contributed by atoms with E-state index in [-0.39, 0.29) is 5.91 Å². The van der Waals surface area contributed by atoms with Crippen molar-refractivity contribution < 1.29 is 9.53 Å². The number of para-hydroxylation sites is 2. The molecule has 0 saturated heterocycles. The molecule has 4 rings (SSSR count). The summed E-state index contributed by atoms with van der Waals surface area (Å²) in [5.41, 5.74) is 5.57. The standard InChI is InChI=1S/C20H14Cl2N2O2S/c1-11(14-10-17(21)27-19(14)22)23-24-20(25)18-12-6-2-4-8-15(12)26-16-9-5-3-7-13(16)18/h2-10,18H,1H3,(H,24,25)/b23-11+. The fourth-order valence-corrected chi connectivity index (χ4v) is 4.61. The number of carbonyl (C=O) groups is 1. The number of benzene rings is 2. The Labute approximate surface area is 170 Å². The summed E-state index contributed by atoms with van der Waals surface area (Å²) < 4.78 is 7.04. The van der Waals surface area contributed by atoms with E-state index in [1.54, 1.807) is 13.0 Å². The number of amides is 1. The van der Waals surface area contributed by atoms with Crippen LogP contribution < -0.4 is 10.2 Å². The zero-order chi connectivity index (χ0) is 19.0. The van der Waals surface area contributed by atoms with Crippen LogP contribution in [0.3, 0.4) is 0 Å². The molecular formula is C20H14Cl2N2O2S. The first-order valence-corrected chi connectivity index (χ1v) is 9.77. The maximum atomic E-state index is 13.0. The van der Waals surface area contributed by atoms with Gasteiger partial charge in [0.25, 0.3) is 5.91 Å². The summed E-state index contributed by atoms with van der Waals surface area (Å²) >= 11 is 13.4. The van der Waals surface area contributed by atoms with Gasteiger partial charge in [0, 0.05) is 16.7 Å². The lowest BCUT2D eigenvalue weighted by atomic mass is 9.87. The minimum absolute atomic E-state index is 0.241. The van der Waals surface area contributed by atoms with Crippen LogP contribution in [0.4, 0.5) is 0 Å². The van der Waals surface area contributed by atoms with E-state index in [1.165, 1.54) is 11.3 Å². The van der Waals surface area contributed by atoms with Gasteiger partial charge in [-0.05, 0) is 25.1 Å². The molecule has 0 saturated carbocycles. The SMILES string of the molecule is C/C(=N\NC(=O)C1c2ccccc2Oc2ccccc21)c1cc(Cl)sc1Cl. The molecule has 1 amide bonds. The molecule has 1 aromatic heterocycles. The number of rotatable bonds is 3. The number of ether oxygens (including phenoxy) is 1. The Morgan fingerprint density at radius 1 is 1.07 bits per heavy atom. The van der Waals surface area contributed by atoms with Gasteiger partial charge in [0.05, 0.1) is 16.0 Å². The maximum absolute atomic E-state index is 13.0. The molecule has 0 unspecified atom stereocenters. The molecular weight excluding hydrogens is 403 g/mol. The van der Waals surface area contributed by atoms with E-state index in [9.17, 15) is 4.79 Å². The second-order valence-electron chi connectivity index (χ2n) is 6.02. The Kier molecular flexibility index (Phi) is 4.91. The molecule has 4 nitrogen and oxygen atoms in total. The molecule has 1 aliphatic rings. The van der Waals surface area contributed by atoms with Crippen LogP contribution in [0.1, 0.15) is 29.5 Å². The molecule has 1 aliphatic heterocycles. The van der Waals surface area contributed by atoms with Crippen molar-refractivity contribution in [3.63, 3.8) is 0 Å². The molecule has 0 radical (unpaired) electrons. The number of thiophene rings is 1. The van der Waals surface area contributed by atoms with Gasteiger partial charge in [-0.25, -0.2) is 5.43 Å². The number of hydrogen-bond acceptors (Lipinski definition) is 4. The van der Waals surface area contributed by atoms with E-state index in [2.05, 4.69) is 10.5 Å². The largest absolute Gasteiger partial charge is 0.457 e. The summed E-state index contributed by atoms with van der Waals surface area (Å²) in [5, 5.41) is 4.23. The van der Waals surface area contributed by atoms with E-state index in [0.717, 1.165) is 11.1 Å². The highest BCUT2D eigenvalue weighted by atomic mass is 35.5. The quantitative estimate of drug-likeness (QED) is 0.431. The molecule has 0 fully saturated rings. The van der Waals surface area contributed by atoms with Gasteiger partial charge in [-0.1, -0.05) is 59.6 Å². The minimum Gasteiger partial charge on any atom is -0.457 e. The predicted octanol–water partition coefficient (Wildman–Crippen LogP) is 5.83. The average Bonchev–Trinajstić information content (AvgIpc) is 3.02. The first kappa shape index (κ1) is 18.0. The third-order valence-corrected chi connectivity index (χ3v) is 5.81. The van der Waals surface area contributed by atoms with E-state index in [4.69, 9.17) is 27.9 Å². The van der Waals surface area contributed by atoms with E-state index < -0.39 is 5.92 Å². The van der Waals surface area contributed by atoms with Crippen molar-refractivity contribution in [1.29, 1.82) is 0 Å². The van der Waals surface area contributed by atoms with Gasteiger partial charge >= 0.3 is 0 Å². The third-order valence-electron chi connectivity index (χ3n) is 4.32. The van der Waals surface area contributed by atoms with Crippen molar-refractivity contribution in [3.8, 4) is 11.5 Å². The van der Waals surface area contributed by atoms with Crippen LogP contribution in [0.2, 0.25) is 8.67 Å². The van der Waals surface area contributed by atoms with Gasteiger partial charge in [0.1, 0.15) is 15.8 Å². The molecule has 0 bridgehead atoms. The molecule has 7 heteroatoms. The maximum Gasteiger partial charge on any atom is 0.252 e. The summed E-state index contributed by atoms with van der Waals surface area (Å²) in [6, 6.07) is 16.8. The van der Waals surface area contributed by atoms with Crippen molar-refractivity contribution in [2.45, 2.75) is 12.8 Å². The second-order valence-corrected chi connectivity index (χ2v) is 8.31. The molecule has 136 valence electrons. The third kappa shape index (κ3) is 3.46. The highest BCUT2D eigenvalue weighted by Crippen LogP contribution is 2.43. The van der Waals surface area contributed by atoms with Gasteiger partial charge in [-0.3, -0.25) is 4.79 Å². The Morgan fingerprint density at radius 2 is 1.67 bits per heavy atom. The van der Waals surface area contributed by atoms with Gasteiger partial charge in [-0.2, -0.15) is 5.10 Å². The van der Waals surface area contributed by atoms with Crippen LogP contribution in [0.5, 0.6) is 11.5 Å². The van der Waals surface area contributed by atoms with Crippen molar-refractivity contribution in [2.75, 3.05) is 0 Å². The fourth-order valence-electron chi connectivity index (χ4n) is 3.04. The van der Waals surface area contributed by atoms with Crippen molar-refractivity contribution in [2.24, 2.45) is 5.10 Å². The first-order chi connectivity index (χ1) is 13.0. The zero-order valence-electron chi connectivity index (χ0n) is 14.2. The Bertz CT molecular complexity index is 1020. The molecule has 27 heavy (non-hydrogen) atoms. The zero-order valence-corrected chi connectivity index (χ0v) is 16.5. The number of halogens is 2. The van der Waals surface area contributed by atoms with Crippen LogP contribution in [0, 0.1) is 0 Å². The second kappa shape index (κ2) is 7.35. The number of hydrogen-bond donors (Lipinski definition) is 1. The minimum atomic E-state index is -0.510. The lowest BCUT2D eigenvalue weighted by Gasteiger charge is -2.26. The molecule has 3 aromatic rings. The predicted molar refractivity (Wildman–Crippen MR) is 109 cm³/mol. The summed E-state index contributed by atoms with van der Waals surface area (Å²) in [5.74, 6) is 0.591. The van der Waals surface area contributed by atoms with Crippen LogP contribution in [-0.4, -0.2) is 11.6 Å². The molecule has 1 N–H and O–H groups in total. The highest BCUT2D eigenvalue weighted by molar-refractivity contribution is 7.20. The smallest absolute Gasteiger partial charge is 0.252 e. The van der Waals surface area contributed by atoms with Gasteiger partial charge in [-0.15, -0.1) is 11.3 Å². The van der Waals surface area contributed by atoms with Gasteiger partial charge in [0.15, 0.2) is 0 Å². The topological polar surface area (TPSA) is 50.7 Å². The molecule has 0 aliphatic carbocycles. The summed E-state index contributed by atoms with van der Waals surface area (Å²) in [7, 11) is 0. The van der Waals surface area contributed by atoms with Crippen LogP contribution in [0.25, 0.3) is 0 Å². The summed E-state index contributed by atoms with van der Waals surface area (Å²) in [4.78, 5) is 13.0. The Morgan fingerprint density at radius 3 is 2.22 bits per heavy atom. The monoisotopic (exact) mass is 416 g/mol. The number of hydrazone groups is 1. The lowest BCUT2D eigenvalue weighted by Crippen LogP contribution is -2.29. The fraction of sp³-hybridized carbons (Fsp3) is 0.100. The lowest BCUT2D eigenvalue weighted by molar-refractivity contribution is -0.121. The molecule has 0 spiro atoms. The van der Waals surface area contributed by atoms with Crippen molar-refractivity contribution in [3.05, 3.63) is 80.0 Å². The summed E-state index contributed by atoms with van der Waals surface area (Å²) in [6.07, 6.45) is 0. The number of nitrogens with zero attached hydrogens (tertiary/aromatic N) is 1. The number of nitrogens with one attached hydrogen (secondary N) is 1. The Balaban J connectivity index is 1.66. The highest BCUT2D eigenvalue weighted by Gasteiger charge is 2.32. The van der Waals surface area contributed by atoms with Crippen LogP contribution in [0.15, 0.2) is 59.7 Å². The van der Waals surface area contributed by atoms with E-state index in [1.807, 2.05) is 48.5 Å². The van der Waals surface area contributed by atoms with Gasteiger partial charge < -0.3 is 4.74 Å². The van der Waals surface area contributed by atoms with E-state index >= 15 is 0 Å². The molecule has 2 aromatic carbocycles. The van der Waals surface area contributed by atoms with Crippen LogP contribution in [-0.2, 0) is 4.79 Å². The van der Waals surface area contributed by atoms with E-state index in [0.29, 0.717) is 31.4 Å². The number of carbonyl (C=O) groups excluding carboxylic acids is 1. The normalized spacial score (nSPS) is 13.5. The van der Waals surface area contributed by atoms with Crippen LogP contribution >= 0.6 is 34.5 Å².